The van der Waals surface area contributed by atoms with E-state index in [1.54, 1.807) is 7.11 Å². The van der Waals surface area contributed by atoms with Crippen molar-refractivity contribution in [2.75, 3.05) is 20.3 Å². The lowest BCUT2D eigenvalue weighted by atomic mass is 10.2. The van der Waals surface area contributed by atoms with Crippen LogP contribution < -0.4 is 14.8 Å². The highest BCUT2D eigenvalue weighted by atomic mass is 79.9. The molecule has 0 bridgehead atoms. The van der Waals surface area contributed by atoms with Crippen molar-refractivity contribution in [3.63, 3.8) is 0 Å². The molecule has 4 heteroatoms. The van der Waals surface area contributed by atoms with Crippen LogP contribution in [-0.2, 0) is 6.54 Å². The number of rotatable bonds is 7. The van der Waals surface area contributed by atoms with Crippen molar-refractivity contribution >= 4 is 15.9 Å². The second-order valence-corrected chi connectivity index (χ2v) is 4.96. The third-order valence-corrected chi connectivity index (χ3v) is 2.92. The van der Waals surface area contributed by atoms with Gasteiger partial charge >= 0.3 is 0 Å². The first-order valence-corrected chi connectivity index (χ1v) is 6.72. The Bertz CT molecular complexity index is 419. The van der Waals surface area contributed by atoms with E-state index in [0.717, 1.165) is 40.2 Å². The van der Waals surface area contributed by atoms with Crippen LogP contribution in [-0.4, -0.2) is 20.3 Å². The van der Waals surface area contributed by atoms with Crippen molar-refractivity contribution in [1.82, 2.24) is 5.32 Å². The number of methoxy groups -OCH3 is 1. The molecular weight excluding hydrogens is 294 g/mol. The summed E-state index contributed by atoms with van der Waals surface area (Å²) in [5.41, 5.74) is 2.26. The normalized spacial score (nSPS) is 10.2. The topological polar surface area (TPSA) is 30.5 Å². The van der Waals surface area contributed by atoms with Crippen LogP contribution in [0.15, 0.2) is 28.8 Å². The Hall–Kier alpha value is -1.00. The molecule has 0 spiro atoms. The average Bonchev–Trinajstić information content (AvgIpc) is 2.31. The Morgan fingerprint density at radius 1 is 1.44 bits per heavy atom. The molecule has 0 aromatic heterocycles. The highest BCUT2D eigenvalue weighted by Gasteiger charge is 2.10. The van der Waals surface area contributed by atoms with Crippen molar-refractivity contribution in [2.45, 2.75) is 20.4 Å². The number of benzene rings is 1. The summed E-state index contributed by atoms with van der Waals surface area (Å²) < 4.78 is 11.8. The molecule has 1 rings (SSSR count). The van der Waals surface area contributed by atoms with Gasteiger partial charge in [-0.3, -0.25) is 0 Å². The maximum absolute atomic E-state index is 5.55. The molecule has 1 aromatic rings. The first kappa shape index (κ1) is 15.1. The van der Waals surface area contributed by atoms with Crippen LogP contribution in [0.5, 0.6) is 11.5 Å². The van der Waals surface area contributed by atoms with Gasteiger partial charge in [-0.1, -0.05) is 12.2 Å². The lowest BCUT2D eigenvalue weighted by molar-refractivity contribution is 0.308. The molecule has 0 saturated carbocycles. The van der Waals surface area contributed by atoms with Crippen LogP contribution in [0.25, 0.3) is 0 Å². The average molecular weight is 314 g/mol. The summed E-state index contributed by atoms with van der Waals surface area (Å²) in [6, 6.07) is 4.03. The largest absolute Gasteiger partial charge is 0.493 e. The second kappa shape index (κ2) is 7.44. The van der Waals surface area contributed by atoms with Crippen LogP contribution in [0.2, 0.25) is 0 Å². The SMILES string of the molecule is C=C(C)CNCc1cc(Br)c(OCC)c(OC)c1. The van der Waals surface area contributed by atoms with E-state index in [-0.39, 0.29) is 0 Å². The van der Waals surface area contributed by atoms with Gasteiger partial charge in [-0.05, 0) is 47.5 Å². The van der Waals surface area contributed by atoms with Gasteiger partial charge in [-0.2, -0.15) is 0 Å². The van der Waals surface area contributed by atoms with Crippen LogP contribution >= 0.6 is 15.9 Å². The molecule has 0 radical (unpaired) electrons. The summed E-state index contributed by atoms with van der Waals surface area (Å²) in [5, 5.41) is 3.31. The number of hydrogen-bond acceptors (Lipinski definition) is 3. The summed E-state index contributed by atoms with van der Waals surface area (Å²) in [6.07, 6.45) is 0. The molecule has 3 nitrogen and oxygen atoms in total. The van der Waals surface area contributed by atoms with E-state index in [9.17, 15) is 0 Å². The number of nitrogens with one attached hydrogen (secondary N) is 1. The molecule has 0 unspecified atom stereocenters. The van der Waals surface area contributed by atoms with Crippen molar-refractivity contribution in [3.8, 4) is 11.5 Å². The van der Waals surface area contributed by atoms with Crippen LogP contribution in [0.4, 0.5) is 0 Å². The van der Waals surface area contributed by atoms with E-state index in [0.29, 0.717) is 6.61 Å². The molecule has 0 atom stereocenters. The van der Waals surface area contributed by atoms with Gasteiger partial charge in [0.25, 0.3) is 0 Å². The molecule has 0 fully saturated rings. The summed E-state index contributed by atoms with van der Waals surface area (Å²) in [7, 11) is 1.65. The monoisotopic (exact) mass is 313 g/mol. The van der Waals surface area contributed by atoms with Gasteiger partial charge in [-0.15, -0.1) is 0 Å². The fraction of sp³-hybridized carbons (Fsp3) is 0.429. The van der Waals surface area contributed by atoms with Crippen molar-refractivity contribution in [3.05, 3.63) is 34.3 Å². The smallest absolute Gasteiger partial charge is 0.175 e. The van der Waals surface area contributed by atoms with Crippen LogP contribution in [0.3, 0.4) is 0 Å². The zero-order chi connectivity index (χ0) is 13.5. The lowest BCUT2D eigenvalue weighted by Gasteiger charge is -2.13. The third-order valence-electron chi connectivity index (χ3n) is 2.33. The van der Waals surface area contributed by atoms with Crippen molar-refractivity contribution in [1.29, 1.82) is 0 Å². The zero-order valence-corrected chi connectivity index (χ0v) is 12.8. The predicted octanol–water partition coefficient (Wildman–Crippen LogP) is 3.52. The quantitative estimate of drug-likeness (QED) is 0.781. The van der Waals surface area contributed by atoms with Crippen LogP contribution in [0.1, 0.15) is 19.4 Å². The molecule has 100 valence electrons. The second-order valence-electron chi connectivity index (χ2n) is 4.10. The Morgan fingerprint density at radius 3 is 2.72 bits per heavy atom. The Kier molecular flexibility index (Phi) is 6.22. The molecular formula is C14H20BrNO2. The third kappa shape index (κ3) is 4.35. The summed E-state index contributed by atoms with van der Waals surface area (Å²) in [6.45, 7) is 10.0. The standard InChI is InChI=1S/C14H20BrNO2/c1-5-18-14-12(15)6-11(7-13(14)17-4)9-16-8-10(2)3/h6-7,16H,2,5,8-9H2,1,3-4H3. The van der Waals surface area contributed by atoms with Gasteiger partial charge in [0.1, 0.15) is 0 Å². The highest BCUT2D eigenvalue weighted by Crippen LogP contribution is 2.36. The summed E-state index contributed by atoms with van der Waals surface area (Å²) >= 11 is 3.51. The molecule has 0 saturated heterocycles. The van der Waals surface area contributed by atoms with Gasteiger partial charge in [0.2, 0.25) is 0 Å². The minimum atomic E-state index is 0.613. The van der Waals surface area contributed by atoms with Crippen LogP contribution in [0, 0.1) is 0 Å². The maximum atomic E-state index is 5.55. The van der Waals surface area contributed by atoms with Gasteiger partial charge in [0.15, 0.2) is 11.5 Å². The first-order chi connectivity index (χ1) is 8.58. The molecule has 18 heavy (non-hydrogen) atoms. The highest BCUT2D eigenvalue weighted by molar-refractivity contribution is 9.10. The Morgan fingerprint density at radius 2 is 2.17 bits per heavy atom. The zero-order valence-electron chi connectivity index (χ0n) is 11.2. The Balaban J connectivity index is 2.82. The van der Waals surface area contributed by atoms with E-state index in [2.05, 4.69) is 27.8 Å². The minimum absolute atomic E-state index is 0.613. The van der Waals surface area contributed by atoms with Gasteiger partial charge in [-0.25, -0.2) is 0 Å². The molecule has 0 aliphatic carbocycles. The first-order valence-electron chi connectivity index (χ1n) is 5.92. The lowest BCUT2D eigenvalue weighted by Crippen LogP contribution is -2.15. The molecule has 1 N–H and O–H groups in total. The van der Waals surface area contributed by atoms with E-state index in [1.807, 2.05) is 26.0 Å². The molecule has 0 amide bonds. The van der Waals surface area contributed by atoms with E-state index < -0.39 is 0 Å². The fourth-order valence-electron chi connectivity index (χ4n) is 1.58. The van der Waals surface area contributed by atoms with E-state index in [4.69, 9.17) is 9.47 Å². The maximum Gasteiger partial charge on any atom is 0.175 e. The molecule has 0 heterocycles. The Labute approximate surface area is 117 Å². The van der Waals surface area contributed by atoms with Gasteiger partial charge < -0.3 is 14.8 Å². The van der Waals surface area contributed by atoms with Gasteiger partial charge in [0, 0.05) is 13.1 Å². The predicted molar refractivity (Wildman–Crippen MR) is 78.4 cm³/mol. The molecule has 0 aliphatic heterocycles. The summed E-state index contributed by atoms with van der Waals surface area (Å²) in [5.74, 6) is 1.50. The van der Waals surface area contributed by atoms with E-state index >= 15 is 0 Å². The van der Waals surface area contributed by atoms with E-state index in [1.165, 1.54) is 0 Å². The number of ether oxygens (including phenoxy) is 2. The minimum Gasteiger partial charge on any atom is -0.493 e. The number of halogens is 1. The summed E-state index contributed by atoms with van der Waals surface area (Å²) in [4.78, 5) is 0. The molecule has 0 aliphatic rings. The fourth-order valence-corrected chi connectivity index (χ4v) is 2.18. The van der Waals surface area contributed by atoms with Gasteiger partial charge in [0.05, 0.1) is 18.2 Å². The molecule has 1 aromatic carbocycles. The number of hydrogen-bond donors (Lipinski definition) is 1. The van der Waals surface area contributed by atoms with Crippen molar-refractivity contribution < 1.29 is 9.47 Å². The van der Waals surface area contributed by atoms with Crippen molar-refractivity contribution in [2.24, 2.45) is 0 Å².